The van der Waals surface area contributed by atoms with Crippen molar-refractivity contribution in [1.82, 2.24) is 3.97 Å². The molecule has 92 valence electrons. The van der Waals surface area contributed by atoms with E-state index in [1.807, 2.05) is 0 Å². The Morgan fingerprint density at radius 1 is 1.62 bits per heavy atom. The van der Waals surface area contributed by atoms with E-state index >= 15 is 0 Å². The lowest BCUT2D eigenvalue weighted by atomic mass is 10.1. The minimum Gasteiger partial charge on any atom is -0.480 e. The SMILES string of the molecule is CS(=O)(=O)n1ccc(CC(N)C(=O)O)c1.Cl. The zero-order valence-electron chi connectivity index (χ0n) is 8.53. The van der Waals surface area contributed by atoms with Crippen LogP contribution in [0, 0.1) is 0 Å². The number of rotatable bonds is 4. The maximum atomic E-state index is 11.1. The van der Waals surface area contributed by atoms with Gasteiger partial charge in [0.1, 0.15) is 6.04 Å². The second kappa shape index (κ2) is 5.33. The molecule has 0 aliphatic rings. The fraction of sp³-hybridized carbons (Fsp3) is 0.375. The van der Waals surface area contributed by atoms with E-state index in [2.05, 4.69) is 0 Å². The van der Waals surface area contributed by atoms with Gasteiger partial charge in [-0.05, 0) is 18.1 Å². The molecule has 8 heteroatoms. The van der Waals surface area contributed by atoms with Gasteiger partial charge in [-0.3, -0.25) is 8.77 Å². The van der Waals surface area contributed by atoms with Crippen molar-refractivity contribution in [2.75, 3.05) is 6.26 Å². The van der Waals surface area contributed by atoms with Gasteiger partial charge >= 0.3 is 5.97 Å². The van der Waals surface area contributed by atoms with Crippen molar-refractivity contribution >= 4 is 28.4 Å². The first-order valence-electron chi connectivity index (χ1n) is 4.16. The van der Waals surface area contributed by atoms with Crippen LogP contribution in [0.4, 0.5) is 0 Å². The summed E-state index contributed by atoms with van der Waals surface area (Å²) in [6.45, 7) is 0. The summed E-state index contributed by atoms with van der Waals surface area (Å²) in [5.41, 5.74) is 5.89. The molecule has 1 rings (SSSR count). The molecule has 0 saturated heterocycles. The van der Waals surface area contributed by atoms with E-state index in [0.29, 0.717) is 5.56 Å². The van der Waals surface area contributed by atoms with Crippen LogP contribution in [0.5, 0.6) is 0 Å². The maximum absolute atomic E-state index is 11.1. The third-order valence-electron chi connectivity index (χ3n) is 1.88. The molecule has 1 heterocycles. The van der Waals surface area contributed by atoms with Crippen LogP contribution < -0.4 is 5.73 Å². The predicted molar refractivity (Wildman–Crippen MR) is 61.2 cm³/mol. The molecule has 0 spiro atoms. The minimum atomic E-state index is -3.31. The van der Waals surface area contributed by atoms with Crippen molar-refractivity contribution in [3.63, 3.8) is 0 Å². The Balaban J connectivity index is 0.00000225. The molecule has 0 amide bonds. The molecule has 0 bridgehead atoms. The largest absolute Gasteiger partial charge is 0.480 e. The molecular weight excluding hydrogens is 256 g/mol. The van der Waals surface area contributed by atoms with Crippen LogP contribution in [0.3, 0.4) is 0 Å². The molecular formula is C8H13ClN2O4S. The fourth-order valence-electron chi connectivity index (χ4n) is 1.09. The van der Waals surface area contributed by atoms with Gasteiger partial charge in [-0.15, -0.1) is 12.4 Å². The van der Waals surface area contributed by atoms with E-state index in [0.717, 1.165) is 10.2 Å². The average Bonchev–Trinajstić information content (AvgIpc) is 2.51. The summed E-state index contributed by atoms with van der Waals surface area (Å²) in [4.78, 5) is 10.5. The standard InChI is InChI=1S/C8H12N2O4S.ClH/c1-15(13,14)10-3-2-6(5-10)4-7(9)8(11)12;/h2-3,5,7H,4,9H2,1H3,(H,11,12);1H. The molecule has 0 aliphatic heterocycles. The zero-order chi connectivity index (χ0) is 11.6. The van der Waals surface area contributed by atoms with Crippen LogP contribution in [-0.4, -0.2) is 35.8 Å². The molecule has 1 aromatic rings. The molecule has 1 unspecified atom stereocenters. The number of hydrogen-bond acceptors (Lipinski definition) is 4. The normalized spacial score (nSPS) is 12.9. The number of hydrogen-bond donors (Lipinski definition) is 2. The number of nitrogens with two attached hydrogens (primary N) is 1. The highest BCUT2D eigenvalue weighted by Gasteiger charge is 2.14. The third-order valence-corrected chi connectivity index (χ3v) is 2.88. The molecule has 3 N–H and O–H groups in total. The highest BCUT2D eigenvalue weighted by molar-refractivity contribution is 7.89. The second-order valence-corrected chi connectivity index (χ2v) is 5.15. The molecule has 0 radical (unpaired) electrons. The number of halogens is 1. The molecule has 0 saturated carbocycles. The van der Waals surface area contributed by atoms with Crippen molar-refractivity contribution in [3.8, 4) is 0 Å². The Kier molecular flexibility index (Phi) is 4.98. The van der Waals surface area contributed by atoms with E-state index in [-0.39, 0.29) is 18.8 Å². The molecule has 0 aromatic carbocycles. The van der Waals surface area contributed by atoms with Crippen LogP contribution in [0.2, 0.25) is 0 Å². The highest BCUT2D eigenvalue weighted by atomic mass is 35.5. The number of aromatic nitrogens is 1. The van der Waals surface area contributed by atoms with Crippen LogP contribution in [0.1, 0.15) is 5.56 Å². The summed E-state index contributed by atoms with van der Waals surface area (Å²) in [5.74, 6) is -1.11. The van der Waals surface area contributed by atoms with Crippen molar-refractivity contribution in [2.45, 2.75) is 12.5 Å². The number of nitrogens with zero attached hydrogens (tertiary/aromatic N) is 1. The van der Waals surface area contributed by atoms with E-state index < -0.39 is 22.0 Å². The summed E-state index contributed by atoms with van der Waals surface area (Å²) in [6.07, 6.45) is 3.89. The topological polar surface area (TPSA) is 102 Å². The molecule has 16 heavy (non-hydrogen) atoms. The van der Waals surface area contributed by atoms with Crippen LogP contribution in [-0.2, 0) is 21.2 Å². The van der Waals surface area contributed by atoms with Gasteiger partial charge in [0.25, 0.3) is 0 Å². The Morgan fingerprint density at radius 3 is 2.56 bits per heavy atom. The molecule has 0 aliphatic carbocycles. The van der Waals surface area contributed by atoms with Crippen molar-refractivity contribution in [1.29, 1.82) is 0 Å². The highest BCUT2D eigenvalue weighted by Crippen LogP contribution is 2.06. The van der Waals surface area contributed by atoms with Gasteiger partial charge in [0, 0.05) is 12.4 Å². The Labute approximate surface area is 99.5 Å². The zero-order valence-corrected chi connectivity index (χ0v) is 10.2. The smallest absolute Gasteiger partial charge is 0.320 e. The number of aliphatic carboxylic acids is 1. The van der Waals surface area contributed by atoms with Crippen LogP contribution >= 0.6 is 12.4 Å². The summed E-state index contributed by atoms with van der Waals surface area (Å²) < 4.78 is 23.2. The van der Waals surface area contributed by atoms with E-state index in [1.54, 1.807) is 0 Å². The first-order chi connectivity index (χ1) is 6.80. The first kappa shape index (κ1) is 14.9. The average molecular weight is 269 g/mol. The lowest BCUT2D eigenvalue weighted by Crippen LogP contribution is -2.32. The number of carboxylic acids is 1. The van der Waals surface area contributed by atoms with Crippen LogP contribution in [0.15, 0.2) is 18.5 Å². The molecule has 1 aromatic heterocycles. The van der Waals surface area contributed by atoms with Gasteiger partial charge in [0.05, 0.1) is 6.26 Å². The lowest BCUT2D eigenvalue weighted by molar-refractivity contribution is -0.138. The van der Waals surface area contributed by atoms with Crippen molar-refractivity contribution < 1.29 is 18.3 Å². The first-order valence-corrected chi connectivity index (χ1v) is 6.01. The van der Waals surface area contributed by atoms with Crippen molar-refractivity contribution in [3.05, 3.63) is 24.0 Å². The molecule has 6 nitrogen and oxygen atoms in total. The predicted octanol–water partition coefficient (Wildman–Crippen LogP) is -0.328. The second-order valence-electron chi connectivity index (χ2n) is 3.26. The molecule has 1 atom stereocenters. The van der Waals surface area contributed by atoms with Crippen molar-refractivity contribution in [2.24, 2.45) is 5.73 Å². The summed E-state index contributed by atoms with van der Waals surface area (Å²) in [7, 11) is -3.31. The maximum Gasteiger partial charge on any atom is 0.320 e. The van der Waals surface area contributed by atoms with Gasteiger partial charge in [0.15, 0.2) is 0 Å². The summed E-state index contributed by atoms with van der Waals surface area (Å²) in [5, 5.41) is 8.56. The fourth-order valence-corrected chi connectivity index (χ4v) is 1.70. The van der Waals surface area contributed by atoms with E-state index in [1.165, 1.54) is 18.5 Å². The summed E-state index contributed by atoms with van der Waals surface area (Å²) >= 11 is 0. The van der Waals surface area contributed by atoms with Gasteiger partial charge < -0.3 is 10.8 Å². The van der Waals surface area contributed by atoms with Gasteiger partial charge in [0.2, 0.25) is 10.0 Å². The minimum absolute atomic E-state index is 0. The van der Waals surface area contributed by atoms with E-state index in [9.17, 15) is 13.2 Å². The Morgan fingerprint density at radius 2 is 2.19 bits per heavy atom. The number of carbonyl (C=O) groups is 1. The Hall–Kier alpha value is -1.05. The van der Waals surface area contributed by atoms with Gasteiger partial charge in [-0.1, -0.05) is 0 Å². The third kappa shape index (κ3) is 3.84. The Bertz CT molecular complexity index is 468. The molecule has 0 fully saturated rings. The van der Waals surface area contributed by atoms with E-state index in [4.69, 9.17) is 10.8 Å². The summed E-state index contributed by atoms with van der Waals surface area (Å²) in [6, 6.07) is 0.518. The monoisotopic (exact) mass is 268 g/mol. The van der Waals surface area contributed by atoms with Crippen LogP contribution in [0.25, 0.3) is 0 Å². The quantitative estimate of drug-likeness (QED) is 0.779. The van der Waals surface area contributed by atoms with Gasteiger partial charge in [-0.25, -0.2) is 8.42 Å². The van der Waals surface area contributed by atoms with Gasteiger partial charge in [-0.2, -0.15) is 0 Å². The lowest BCUT2D eigenvalue weighted by Gasteiger charge is -2.03. The number of carboxylic acid groups (broad SMARTS) is 1.